The zero-order valence-electron chi connectivity index (χ0n) is 13.8. The van der Waals surface area contributed by atoms with Crippen molar-refractivity contribution >= 4 is 11.6 Å². The van der Waals surface area contributed by atoms with Gasteiger partial charge in [0.15, 0.2) is 0 Å². The molecule has 118 valence electrons. The second-order valence-corrected chi connectivity index (χ2v) is 5.61. The van der Waals surface area contributed by atoms with Crippen LogP contribution in [-0.2, 0) is 0 Å². The summed E-state index contributed by atoms with van der Waals surface area (Å²) in [5.41, 5.74) is 8.14. The number of rotatable bonds is 8. The molecule has 1 atom stereocenters. The lowest BCUT2D eigenvalue weighted by Crippen LogP contribution is -2.33. The molecule has 1 unspecified atom stereocenters. The van der Waals surface area contributed by atoms with Crippen molar-refractivity contribution in [3.63, 3.8) is 0 Å². The Hall–Kier alpha value is -1.55. The summed E-state index contributed by atoms with van der Waals surface area (Å²) in [6, 6.07) is 5.63. The lowest BCUT2D eigenvalue weighted by molar-refractivity contribution is 0.0937. The van der Waals surface area contributed by atoms with E-state index in [0.29, 0.717) is 11.3 Å². The van der Waals surface area contributed by atoms with Gasteiger partial charge in [-0.3, -0.25) is 4.79 Å². The molecular weight excluding hydrogens is 262 g/mol. The van der Waals surface area contributed by atoms with E-state index in [-0.39, 0.29) is 11.9 Å². The van der Waals surface area contributed by atoms with Gasteiger partial charge in [-0.15, -0.1) is 0 Å². The Morgan fingerprint density at radius 1 is 1.33 bits per heavy atom. The molecule has 0 aromatic heterocycles. The fraction of sp³-hybridized carbons (Fsp3) is 0.588. The fourth-order valence-electron chi connectivity index (χ4n) is 2.32. The summed E-state index contributed by atoms with van der Waals surface area (Å²) in [5, 5.41) is 3.04. The monoisotopic (exact) mass is 291 g/mol. The molecule has 1 aromatic rings. The van der Waals surface area contributed by atoms with Crippen molar-refractivity contribution < 1.29 is 4.79 Å². The Kier molecular flexibility index (Phi) is 7.23. The lowest BCUT2D eigenvalue weighted by Gasteiger charge is -2.20. The largest absolute Gasteiger partial charge is 0.398 e. The van der Waals surface area contributed by atoms with Crippen LogP contribution in [0.5, 0.6) is 0 Å². The lowest BCUT2D eigenvalue weighted by atomic mass is 10.1. The van der Waals surface area contributed by atoms with Crippen LogP contribution in [0.2, 0.25) is 0 Å². The van der Waals surface area contributed by atoms with E-state index in [0.717, 1.165) is 38.0 Å². The summed E-state index contributed by atoms with van der Waals surface area (Å²) in [7, 11) is 0. The number of nitrogen functional groups attached to an aromatic ring is 1. The van der Waals surface area contributed by atoms with Gasteiger partial charge >= 0.3 is 0 Å². The first-order valence-electron chi connectivity index (χ1n) is 7.87. The van der Waals surface area contributed by atoms with Gasteiger partial charge in [0, 0.05) is 17.3 Å². The molecule has 4 heteroatoms. The average Bonchev–Trinajstić information content (AvgIpc) is 2.46. The van der Waals surface area contributed by atoms with Gasteiger partial charge in [0.2, 0.25) is 0 Å². The van der Waals surface area contributed by atoms with Gasteiger partial charge in [0.1, 0.15) is 0 Å². The summed E-state index contributed by atoms with van der Waals surface area (Å²) < 4.78 is 0. The van der Waals surface area contributed by atoms with Gasteiger partial charge in [0.25, 0.3) is 5.91 Å². The predicted octanol–water partition coefficient (Wildman–Crippen LogP) is 2.82. The number of nitrogens with two attached hydrogens (primary N) is 1. The Balaban J connectivity index is 2.41. The van der Waals surface area contributed by atoms with E-state index in [1.54, 1.807) is 6.07 Å². The third-order valence-electron chi connectivity index (χ3n) is 3.92. The minimum absolute atomic E-state index is 0.0444. The van der Waals surface area contributed by atoms with Crippen LogP contribution in [0.15, 0.2) is 18.2 Å². The molecule has 0 aliphatic heterocycles. The molecule has 0 heterocycles. The van der Waals surface area contributed by atoms with Gasteiger partial charge in [-0.2, -0.15) is 0 Å². The number of carbonyl (C=O) groups is 1. The van der Waals surface area contributed by atoms with Crippen LogP contribution in [0.1, 0.15) is 49.5 Å². The van der Waals surface area contributed by atoms with Crippen LogP contribution < -0.4 is 11.1 Å². The number of hydrogen-bond acceptors (Lipinski definition) is 3. The number of amides is 1. The molecular formula is C17H29N3O. The Morgan fingerprint density at radius 2 is 2.00 bits per heavy atom. The van der Waals surface area contributed by atoms with Gasteiger partial charge in [0.05, 0.1) is 0 Å². The Bertz CT molecular complexity index is 455. The smallest absolute Gasteiger partial charge is 0.251 e. The molecule has 0 radical (unpaired) electrons. The van der Waals surface area contributed by atoms with Crippen LogP contribution in [0, 0.1) is 6.92 Å². The Labute approximate surface area is 128 Å². The minimum atomic E-state index is -0.0444. The van der Waals surface area contributed by atoms with Crippen molar-refractivity contribution in [2.75, 3.05) is 25.4 Å². The van der Waals surface area contributed by atoms with Crippen molar-refractivity contribution in [2.45, 2.75) is 46.6 Å². The highest BCUT2D eigenvalue weighted by Crippen LogP contribution is 2.13. The molecule has 0 aliphatic carbocycles. The molecule has 21 heavy (non-hydrogen) atoms. The minimum Gasteiger partial charge on any atom is -0.398 e. The summed E-state index contributed by atoms with van der Waals surface area (Å²) in [6.07, 6.45) is 2.09. The summed E-state index contributed by atoms with van der Waals surface area (Å²) >= 11 is 0. The van der Waals surface area contributed by atoms with Crippen molar-refractivity contribution in [1.29, 1.82) is 0 Å². The summed E-state index contributed by atoms with van der Waals surface area (Å²) in [6.45, 7) is 11.6. The van der Waals surface area contributed by atoms with Crippen LogP contribution >= 0.6 is 0 Å². The van der Waals surface area contributed by atoms with Gasteiger partial charge in [-0.1, -0.05) is 19.9 Å². The topological polar surface area (TPSA) is 58.4 Å². The van der Waals surface area contributed by atoms with E-state index in [9.17, 15) is 4.79 Å². The van der Waals surface area contributed by atoms with Gasteiger partial charge < -0.3 is 16.0 Å². The van der Waals surface area contributed by atoms with Crippen molar-refractivity contribution in [1.82, 2.24) is 10.2 Å². The highest BCUT2D eigenvalue weighted by atomic mass is 16.1. The van der Waals surface area contributed by atoms with Gasteiger partial charge in [-0.05, 0) is 64.0 Å². The molecule has 0 bridgehead atoms. The summed E-state index contributed by atoms with van der Waals surface area (Å²) in [5.74, 6) is -0.0444. The first-order valence-corrected chi connectivity index (χ1v) is 7.87. The number of hydrogen-bond donors (Lipinski definition) is 2. The second-order valence-electron chi connectivity index (χ2n) is 5.61. The number of aryl methyl sites for hydroxylation is 1. The van der Waals surface area contributed by atoms with Crippen molar-refractivity contribution in [3.8, 4) is 0 Å². The molecule has 0 aliphatic rings. The van der Waals surface area contributed by atoms with Crippen LogP contribution in [0.25, 0.3) is 0 Å². The number of anilines is 1. The maximum atomic E-state index is 12.2. The van der Waals surface area contributed by atoms with E-state index in [1.165, 1.54) is 0 Å². The van der Waals surface area contributed by atoms with Gasteiger partial charge in [-0.25, -0.2) is 0 Å². The molecule has 3 N–H and O–H groups in total. The fourth-order valence-corrected chi connectivity index (χ4v) is 2.32. The van der Waals surface area contributed by atoms with Crippen LogP contribution in [0.3, 0.4) is 0 Å². The highest BCUT2D eigenvalue weighted by molar-refractivity contribution is 5.95. The maximum Gasteiger partial charge on any atom is 0.251 e. The van der Waals surface area contributed by atoms with E-state index >= 15 is 0 Å². The molecule has 0 fully saturated rings. The zero-order valence-corrected chi connectivity index (χ0v) is 13.8. The normalized spacial score (nSPS) is 12.4. The molecule has 1 aromatic carbocycles. The van der Waals surface area contributed by atoms with Crippen molar-refractivity contribution in [3.05, 3.63) is 29.3 Å². The second kappa shape index (κ2) is 8.67. The molecule has 4 nitrogen and oxygen atoms in total. The number of carbonyl (C=O) groups excluding carboxylic acids is 1. The maximum absolute atomic E-state index is 12.2. The Morgan fingerprint density at radius 3 is 2.57 bits per heavy atom. The third kappa shape index (κ3) is 5.76. The molecule has 0 saturated heterocycles. The average molecular weight is 291 g/mol. The van der Waals surface area contributed by atoms with E-state index < -0.39 is 0 Å². The molecule has 0 spiro atoms. The third-order valence-corrected chi connectivity index (χ3v) is 3.92. The molecule has 0 saturated carbocycles. The molecule has 1 rings (SSSR count). The standard InChI is InChI=1S/C17H29N3O/c1-5-20(6-2)11-7-8-14(4)19-17(21)15-10-9-13(3)16(18)12-15/h9-10,12,14H,5-8,11,18H2,1-4H3,(H,19,21). The number of nitrogens with one attached hydrogen (secondary N) is 1. The van der Waals surface area contributed by atoms with E-state index in [1.807, 2.05) is 19.1 Å². The number of nitrogens with zero attached hydrogens (tertiary/aromatic N) is 1. The quantitative estimate of drug-likeness (QED) is 0.724. The van der Waals surface area contributed by atoms with Crippen molar-refractivity contribution in [2.24, 2.45) is 0 Å². The van der Waals surface area contributed by atoms with E-state index in [2.05, 4.69) is 31.0 Å². The van der Waals surface area contributed by atoms with Crippen LogP contribution in [-0.4, -0.2) is 36.5 Å². The number of benzene rings is 1. The van der Waals surface area contributed by atoms with Crippen LogP contribution in [0.4, 0.5) is 5.69 Å². The predicted molar refractivity (Wildman–Crippen MR) is 89.5 cm³/mol. The zero-order chi connectivity index (χ0) is 15.8. The summed E-state index contributed by atoms with van der Waals surface area (Å²) in [4.78, 5) is 14.5. The first kappa shape index (κ1) is 17.5. The first-order chi connectivity index (χ1) is 9.97. The molecule has 1 amide bonds. The van der Waals surface area contributed by atoms with E-state index in [4.69, 9.17) is 5.73 Å². The SMILES string of the molecule is CCN(CC)CCCC(C)NC(=O)c1ccc(C)c(N)c1. The highest BCUT2D eigenvalue weighted by Gasteiger charge is 2.11.